The number of rotatable bonds is 11. The second kappa shape index (κ2) is 12.8. The van der Waals surface area contributed by atoms with E-state index in [0.717, 1.165) is 11.1 Å². The largest absolute Gasteiger partial charge is 0.445 e. The lowest BCUT2D eigenvalue weighted by molar-refractivity contribution is 0.0919. The Labute approximate surface area is 194 Å². The molecule has 0 bridgehead atoms. The summed E-state index contributed by atoms with van der Waals surface area (Å²) in [7, 11) is 0. The Bertz CT molecular complexity index is 1010. The molecule has 33 heavy (non-hydrogen) atoms. The number of alkyl carbamates (subject to hydrolysis) is 1. The van der Waals surface area contributed by atoms with Crippen LogP contribution in [0.5, 0.6) is 0 Å². The molecule has 170 valence electrons. The van der Waals surface area contributed by atoms with E-state index in [-0.39, 0.29) is 24.6 Å². The Morgan fingerprint density at radius 3 is 2.00 bits per heavy atom. The zero-order chi connectivity index (χ0) is 23.3. The number of nitrogens with one attached hydrogen (secondary N) is 3. The van der Waals surface area contributed by atoms with Gasteiger partial charge < -0.3 is 10.1 Å². The molecule has 0 aliphatic carbocycles. The second-order valence-corrected chi connectivity index (χ2v) is 7.60. The van der Waals surface area contributed by atoms with Crippen molar-refractivity contribution in [2.24, 2.45) is 0 Å². The third-order valence-corrected chi connectivity index (χ3v) is 5.13. The topological polar surface area (TPSA) is 79.5 Å². The standard InChI is InChI=1S/C27H29N3O3/c1-2-12-24(29-30-26(31)23-17-10-5-11-18-23)25(19-21-13-6-3-7-14-21)28-27(32)33-20-22-15-8-4-9-16-22/h2-11,13-18,24-25,29H,1,12,19-20H2,(H,28,32)(H,30,31)/t24?,25-/m0/s1. The number of ether oxygens (including phenoxy) is 1. The number of carbonyl (C=O) groups is 2. The first-order chi connectivity index (χ1) is 16.2. The lowest BCUT2D eigenvalue weighted by atomic mass is 9.97. The van der Waals surface area contributed by atoms with Crippen molar-refractivity contribution in [1.82, 2.24) is 16.2 Å². The van der Waals surface area contributed by atoms with Crippen molar-refractivity contribution >= 4 is 12.0 Å². The molecule has 6 nitrogen and oxygen atoms in total. The lowest BCUT2D eigenvalue weighted by Crippen LogP contribution is -2.56. The van der Waals surface area contributed by atoms with E-state index in [0.29, 0.717) is 18.4 Å². The minimum atomic E-state index is -0.523. The molecule has 3 aromatic rings. The van der Waals surface area contributed by atoms with Crippen LogP contribution < -0.4 is 16.2 Å². The summed E-state index contributed by atoms with van der Waals surface area (Å²) in [6, 6.07) is 27.6. The highest BCUT2D eigenvalue weighted by atomic mass is 16.5. The van der Waals surface area contributed by atoms with Crippen molar-refractivity contribution in [2.45, 2.75) is 31.5 Å². The maximum Gasteiger partial charge on any atom is 0.407 e. The van der Waals surface area contributed by atoms with Crippen molar-refractivity contribution in [3.05, 3.63) is 120 Å². The molecule has 0 aromatic heterocycles. The third kappa shape index (κ3) is 7.94. The number of benzene rings is 3. The van der Waals surface area contributed by atoms with E-state index in [1.165, 1.54) is 0 Å². The van der Waals surface area contributed by atoms with Crippen LogP contribution in [-0.2, 0) is 17.8 Å². The van der Waals surface area contributed by atoms with Crippen LogP contribution in [0, 0.1) is 0 Å². The molecule has 0 radical (unpaired) electrons. The van der Waals surface area contributed by atoms with Gasteiger partial charge in [-0.2, -0.15) is 0 Å². The zero-order valence-electron chi connectivity index (χ0n) is 18.4. The van der Waals surface area contributed by atoms with Gasteiger partial charge in [-0.25, -0.2) is 10.2 Å². The molecule has 2 amide bonds. The Balaban J connectivity index is 1.68. The smallest absolute Gasteiger partial charge is 0.407 e. The van der Waals surface area contributed by atoms with E-state index < -0.39 is 6.09 Å². The predicted octanol–water partition coefficient (Wildman–Crippen LogP) is 4.40. The van der Waals surface area contributed by atoms with E-state index in [4.69, 9.17) is 4.74 Å². The van der Waals surface area contributed by atoms with E-state index in [1.54, 1.807) is 30.3 Å². The molecular formula is C27H29N3O3. The van der Waals surface area contributed by atoms with Gasteiger partial charge in [-0.1, -0.05) is 84.9 Å². The number of hydrazine groups is 1. The summed E-state index contributed by atoms with van der Waals surface area (Å²) in [5.41, 5.74) is 8.33. The Morgan fingerprint density at radius 2 is 1.39 bits per heavy atom. The van der Waals surface area contributed by atoms with E-state index in [9.17, 15) is 9.59 Å². The summed E-state index contributed by atoms with van der Waals surface area (Å²) in [6.45, 7) is 4.01. The summed E-state index contributed by atoms with van der Waals surface area (Å²) in [5.74, 6) is -0.255. The van der Waals surface area contributed by atoms with Gasteiger partial charge in [0, 0.05) is 5.56 Å². The van der Waals surface area contributed by atoms with Crippen LogP contribution in [0.15, 0.2) is 104 Å². The van der Waals surface area contributed by atoms with Gasteiger partial charge in [-0.3, -0.25) is 10.2 Å². The molecule has 3 N–H and O–H groups in total. The number of carbonyl (C=O) groups excluding carboxylic acids is 2. The fraction of sp³-hybridized carbons (Fsp3) is 0.185. The maximum absolute atomic E-state index is 12.6. The molecule has 0 aliphatic rings. The van der Waals surface area contributed by atoms with Gasteiger partial charge in [0.1, 0.15) is 6.61 Å². The van der Waals surface area contributed by atoms with Crippen LogP contribution in [0.4, 0.5) is 4.79 Å². The second-order valence-electron chi connectivity index (χ2n) is 7.60. The summed E-state index contributed by atoms with van der Waals surface area (Å²) in [5, 5.41) is 2.96. The lowest BCUT2D eigenvalue weighted by Gasteiger charge is -2.28. The third-order valence-electron chi connectivity index (χ3n) is 5.13. The molecule has 3 aromatic carbocycles. The monoisotopic (exact) mass is 443 g/mol. The quantitative estimate of drug-likeness (QED) is 0.303. The average molecular weight is 444 g/mol. The highest BCUT2D eigenvalue weighted by Gasteiger charge is 2.24. The molecular weight excluding hydrogens is 414 g/mol. The minimum Gasteiger partial charge on any atom is -0.445 e. The van der Waals surface area contributed by atoms with Crippen molar-refractivity contribution in [3.8, 4) is 0 Å². The number of amides is 2. The van der Waals surface area contributed by atoms with Crippen molar-refractivity contribution in [3.63, 3.8) is 0 Å². The average Bonchev–Trinajstić information content (AvgIpc) is 2.86. The van der Waals surface area contributed by atoms with Crippen molar-refractivity contribution in [1.29, 1.82) is 0 Å². The minimum absolute atomic E-state index is 0.176. The molecule has 1 unspecified atom stereocenters. The van der Waals surface area contributed by atoms with Gasteiger partial charge >= 0.3 is 6.09 Å². The molecule has 0 heterocycles. The van der Waals surface area contributed by atoms with Gasteiger partial charge in [0.2, 0.25) is 0 Å². The van der Waals surface area contributed by atoms with E-state index >= 15 is 0 Å². The van der Waals surface area contributed by atoms with Gasteiger partial charge in [-0.05, 0) is 36.1 Å². The highest BCUT2D eigenvalue weighted by molar-refractivity contribution is 5.93. The van der Waals surface area contributed by atoms with Gasteiger partial charge in [0.25, 0.3) is 5.91 Å². The van der Waals surface area contributed by atoms with Crippen LogP contribution in [-0.4, -0.2) is 24.1 Å². The summed E-state index contributed by atoms with van der Waals surface area (Å²) in [6.07, 6.45) is 2.30. The maximum atomic E-state index is 12.6. The molecule has 0 spiro atoms. The SMILES string of the molecule is C=CCC(NNC(=O)c1ccccc1)[C@H](Cc1ccccc1)NC(=O)OCc1ccccc1. The van der Waals surface area contributed by atoms with Crippen LogP contribution in [0.1, 0.15) is 27.9 Å². The zero-order valence-corrected chi connectivity index (χ0v) is 18.4. The van der Waals surface area contributed by atoms with Gasteiger partial charge in [-0.15, -0.1) is 6.58 Å². The van der Waals surface area contributed by atoms with Crippen molar-refractivity contribution in [2.75, 3.05) is 0 Å². The summed E-state index contributed by atoms with van der Waals surface area (Å²) >= 11 is 0. The van der Waals surface area contributed by atoms with Crippen LogP contribution in [0.25, 0.3) is 0 Å². The fourth-order valence-corrected chi connectivity index (χ4v) is 3.40. The molecule has 0 fully saturated rings. The first-order valence-electron chi connectivity index (χ1n) is 10.9. The fourth-order valence-electron chi connectivity index (χ4n) is 3.40. The first kappa shape index (κ1) is 23.8. The van der Waals surface area contributed by atoms with Crippen LogP contribution in [0.3, 0.4) is 0 Å². The van der Waals surface area contributed by atoms with Crippen LogP contribution in [0.2, 0.25) is 0 Å². The summed E-state index contributed by atoms with van der Waals surface area (Å²) < 4.78 is 5.43. The number of hydrogen-bond donors (Lipinski definition) is 3. The van der Waals surface area contributed by atoms with Gasteiger partial charge in [0.05, 0.1) is 12.1 Å². The predicted molar refractivity (Wildman–Crippen MR) is 129 cm³/mol. The Kier molecular flexibility index (Phi) is 9.24. The highest BCUT2D eigenvalue weighted by Crippen LogP contribution is 2.10. The van der Waals surface area contributed by atoms with Crippen molar-refractivity contribution < 1.29 is 14.3 Å². The molecule has 0 saturated carbocycles. The molecule has 0 saturated heterocycles. The molecule has 2 atom stereocenters. The van der Waals surface area contributed by atoms with E-state index in [1.807, 2.05) is 66.7 Å². The molecule has 6 heteroatoms. The van der Waals surface area contributed by atoms with E-state index in [2.05, 4.69) is 22.7 Å². The normalized spacial score (nSPS) is 12.2. The molecule has 0 aliphatic heterocycles. The first-order valence-corrected chi connectivity index (χ1v) is 10.9. The summed E-state index contributed by atoms with van der Waals surface area (Å²) in [4.78, 5) is 25.1. The number of hydrogen-bond acceptors (Lipinski definition) is 4. The van der Waals surface area contributed by atoms with Gasteiger partial charge in [0.15, 0.2) is 0 Å². The molecule has 3 rings (SSSR count). The Morgan fingerprint density at radius 1 is 0.818 bits per heavy atom. The Hall–Kier alpha value is -3.90. The van der Waals surface area contributed by atoms with Crippen LogP contribution >= 0.6 is 0 Å².